The van der Waals surface area contributed by atoms with Crippen molar-refractivity contribution in [1.82, 2.24) is 10.6 Å². The third-order valence-corrected chi connectivity index (χ3v) is 5.48. The summed E-state index contributed by atoms with van der Waals surface area (Å²) in [7, 11) is 3.35. The number of nitrogens with zero attached hydrogens (tertiary/aromatic N) is 1. The average Bonchev–Trinajstić information content (AvgIpc) is 3.15. The van der Waals surface area contributed by atoms with Crippen molar-refractivity contribution in [3.63, 3.8) is 0 Å². The molecule has 2 saturated heterocycles. The summed E-state index contributed by atoms with van der Waals surface area (Å²) in [6, 6.07) is 8.10. The molecule has 2 aliphatic rings. The molecular weight excluding hydrogens is 318 g/mol. The second-order valence-corrected chi connectivity index (χ2v) is 6.93. The normalized spacial score (nSPS) is 22.6. The molecule has 6 heteroatoms. The second kappa shape index (κ2) is 8.06. The standard InChI is InChI=1S/C19H29N3O3/c1-24-17-6-4-3-5-16(17)22-12-7-15(14-22)13-21-18(23)19(25-2)8-10-20-11-9-19/h3-6,15,20H,7-14H2,1-2H3,(H,21,23). The summed E-state index contributed by atoms with van der Waals surface area (Å²) in [6.07, 6.45) is 2.53. The number of nitrogens with one attached hydrogen (secondary N) is 2. The number of carbonyl (C=O) groups is 1. The number of hydrogen-bond donors (Lipinski definition) is 2. The molecule has 2 N–H and O–H groups in total. The Kier molecular flexibility index (Phi) is 5.81. The molecule has 1 unspecified atom stereocenters. The van der Waals surface area contributed by atoms with E-state index in [1.165, 1.54) is 0 Å². The van der Waals surface area contributed by atoms with Crippen molar-refractivity contribution in [2.45, 2.75) is 24.9 Å². The first kappa shape index (κ1) is 18.0. The summed E-state index contributed by atoms with van der Waals surface area (Å²) in [6.45, 7) is 4.27. The molecule has 0 bridgehead atoms. The first-order chi connectivity index (χ1) is 12.2. The Hall–Kier alpha value is -1.79. The molecule has 3 rings (SSSR count). The summed E-state index contributed by atoms with van der Waals surface area (Å²) in [5.74, 6) is 1.39. The van der Waals surface area contributed by atoms with Crippen molar-refractivity contribution in [3.05, 3.63) is 24.3 Å². The van der Waals surface area contributed by atoms with Gasteiger partial charge in [-0.2, -0.15) is 0 Å². The van der Waals surface area contributed by atoms with Gasteiger partial charge in [0.2, 0.25) is 0 Å². The van der Waals surface area contributed by atoms with Crippen LogP contribution in [0.5, 0.6) is 5.75 Å². The minimum Gasteiger partial charge on any atom is -0.495 e. The van der Waals surface area contributed by atoms with Crippen molar-refractivity contribution >= 4 is 11.6 Å². The van der Waals surface area contributed by atoms with Gasteiger partial charge in [-0.25, -0.2) is 0 Å². The molecule has 6 nitrogen and oxygen atoms in total. The number of ether oxygens (including phenoxy) is 2. The Morgan fingerprint density at radius 3 is 2.80 bits per heavy atom. The maximum atomic E-state index is 12.7. The van der Waals surface area contributed by atoms with Crippen LogP contribution >= 0.6 is 0 Å². The lowest BCUT2D eigenvalue weighted by Crippen LogP contribution is -2.54. The fourth-order valence-electron chi connectivity index (χ4n) is 3.86. The van der Waals surface area contributed by atoms with Gasteiger partial charge in [0.05, 0.1) is 12.8 Å². The fraction of sp³-hybridized carbons (Fsp3) is 0.632. The molecule has 1 aromatic carbocycles. The summed E-state index contributed by atoms with van der Waals surface area (Å²) >= 11 is 0. The van der Waals surface area contributed by atoms with Crippen LogP contribution in [-0.4, -0.2) is 58.5 Å². The Bertz CT molecular complexity index is 587. The van der Waals surface area contributed by atoms with Crippen LogP contribution < -0.4 is 20.3 Å². The Morgan fingerprint density at radius 1 is 1.32 bits per heavy atom. The number of methoxy groups -OCH3 is 2. The van der Waals surface area contributed by atoms with Gasteiger partial charge < -0.3 is 25.0 Å². The minimum atomic E-state index is -0.661. The van der Waals surface area contributed by atoms with E-state index in [-0.39, 0.29) is 5.91 Å². The molecule has 25 heavy (non-hydrogen) atoms. The van der Waals surface area contributed by atoms with E-state index in [4.69, 9.17) is 9.47 Å². The Labute approximate surface area is 149 Å². The van der Waals surface area contributed by atoms with E-state index in [9.17, 15) is 4.79 Å². The number of anilines is 1. The average molecular weight is 347 g/mol. The molecule has 0 aromatic heterocycles. The molecule has 2 aliphatic heterocycles. The van der Waals surface area contributed by atoms with Crippen LogP contribution in [0.15, 0.2) is 24.3 Å². The van der Waals surface area contributed by atoms with Crippen molar-refractivity contribution in [1.29, 1.82) is 0 Å². The molecule has 2 heterocycles. The number of hydrogen-bond acceptors (Lipinski definition) is 5. The zero-order chi connectivity index (χ0) is 17.7. The summed E-state index contributed by atoms with van der Waals surface area (Å²) in [5, 5.41) is 6.42. The van der Waals surface area contributed by atoms with E-state index in [1.807, 2.05) is 18.2 Å². The van der Waals surface area contributed by atoms with E-state index in [1.54, 1.807) is 14.2 Å². The molecule has 1 amide bonds. The molecule has 1 aromatic rings. The van der Waals surface area contributed by atoms with Gasteiger partial charge in [-0.3, -0.25) is 4.79 Å². The van der Waals surface area contributed by atoms with Crippen LogP contribution in [0.2, 0.25) is 0 Å². The third kappa shape index (κ3) is 3.90. The lowest BCUT2D eigenvalue weighted by atomic mass is 9.91. The number of rotatable bonds is 6. The molecule has 0 radical (unpaired) electrons. The lowest BCUT2D eigenvalue weighted by molar-refractivity contribution is -0.146. The van der Waals surface area contributed by atoms with Crippen LogP contribution in [0.3, 0.4) is 0 Å². The van der Waals surface area contributed by atoms with E-state index in [0.717, 1.165) is 56.9 Å². The molecule has 0 spiro atoms. The topological polar surface area (TPSA) is 62.8 Å². The molecule has 1 atom stereocenters. The highest BCUT2D eigenvalue weighted by atomic mass is 16.5. The molecule has 138 valence electrons. The fourth-order valence-corrected chi connectivity index (χ4v) is 3.86. The molecule has 0 saturated carbocycles. The highest BCUT2D eigenvalue weighted by Crippen LogP contribution is 2.32. The number of para-hydroxylation sites is 2. The van der Waals surface area contributed by atoms with Gasteiger partial charge in [-0.05, 0) is 50.4 Å². The third-order valence-electron chi connectivity index (χ3n) is 5.48. The van der Waals surface area contributed by atoms with Gasteiger partial charge in [0.25, 0.3) is 5.91 Å². The molecular formula is C19H29N3O3. The first-order valence-corrected chi connectivity index (χ1v) is 9.10. The van der Waals surface area contributed by atoms with Crippen LogP contribution in [0, 0.1) is 5.92 Å². The lowest BCUT2D eigenvalue weighted by Gasteiger charge is -2.35. The smallest absolute Gasteiger partial charge is 0.252 e. The SMILES string of the molecule is COc1ccccc1N1CCC(CNC(=O)C2(OC)CCNCC2)C1. The second-order valence-electron chi connectivity index (χ2n) is 6.93. The Balaban J connectivity index is 1.54. The Morgan fingerprint density at radius 2 is 2.08 bits per heavy atom. The first-order valence-electron chi connectivity index (χ1n) is 9.10. The molecule has 2 fully saturated rings. The van der Waals surface area contributed by atoms with Gasteiger partial charge in [0, 0.05) is 26.7 Å². The van der Waals surface area contributed by atoms with E-state index >= 15 is 0 Å². The summed E-state index contributed by atoms with van der Waals surface area (Å²) < 4.78 is 11.1. The van der Waals surface area contributed by atoms with Crippen LogP contribution in [0.1, 0.15) is 19.3 Å². The van der Waals surface area contributed by atoms with Crippen LogP contribution in [0.25, 0.3) is 0 Å². The van der Waals surface area contributed by atoms with Crippen molar-refractivity contribution in [3.8, 4) is 5.75 Å². The van der Waals surface area contributed by atoms with Gasteiger partial charge in [-0.1, -0.05) is 12.1 Å². The number of benzene rings is 1. The number of carbonyl (C=O) groups excluding carboxylic acids is 1. The van der Waals surface area contributed by atoms with Gasteiger partial charge >= 0.3 is 0 Å². The molecule has 0 aliphatic carbocycles. The van der Waals surface area contributed by atoms with Crippen molar-refractivity contribution < 1.29 is 14.3 Å². The summed E-state index contributed by atoms with van der Waals surface area (Å²) in [5.41, 5.74) is 0.470. The largest absolute Gasteiger partial charge is 0.495 e. The van der Waals surface area contributed by atoms with E-state index < -0.39 is 5.60 Å². The van der Waals surface area contributed by atoms with E-state index in [2.05, 4.69) is 21.6 Å². The van der Waals surface area contributed by atoms with Gasteiger partial charge in [0.1, 0.15) is 11.4 Å². The highest BCUT2D eigenvalue weighted by Gasteiger charge is 2.40. The predicted octanol–water partition coefficient (Wildman–Crippen LogP) is 1.41. The van der Waals surface area contributed by atoms with Crippen LogP contribution in [-0.2, 0) is 9.53 Å². The monoisotopic (exact) mass is 347 g/mol. The summed E-state index contributed by atoms with van der Waals surface area (Å²) in [4.78, 5) is 15.0. The maximum Gasteiger partial charge on any atom is 0.252 e. The van der Waals surface area contributed by atoms with E-state index in [0.29, 0.717) is 12.5 Å². The van der Waals surface area contributed by atoms with Gasteiger partial charge in [-0.15, -0.1) is 0 Å². The number of piperidine rings is 1. The quantitative estimate of drug-likeness (QED) is 0.815. The van der Waals surface area contributed by atoms with Crippen molar-refractivity contribution in [2.75, 3.05) is 51.8 Å². The predicted molar refractivity (Wildman–Crippen MR) is 98.2 cm³/mol. The van der Waals surface area contributed by atoms with Gasteiger partial charge in [0.15, 0.2) is 0 Å². The maximum absolute atomic E-state index is 12.7. The van der Waals surface area contributed by atoms with Crippen LogP contribution in [0.4, 0.5) is 5.69 Å². The van der Waals surface area contributed by atoms with Crippen molar-refractivity contribution in [2.24, 2.45) is 5.92 Å². The zero-order valence-corrected chi connectivity index (χ0v) is 15.2. The zero-order valence-electron chi connectivity index (χ0n) is 15.2. The number of amides is 1. The minimum absolute atomic E-state index is 0.0345. The highest BCUT2D eigenvalue weighted by molar-refractivity contribution is 5.85.